The van der Waals surface area contributed by atoms with Crippen molar-refractivity contribution in [3.8, 4) is 5.75 Å². The van der Waals surface area contributed by atoms with E-state index in [1.807, 2.05) is 13.8 Å². The third kappa shape index (κ3) is 3.81. The number of nitro groups is 1. The topological polar surface area (TPSA) is 108 Å². The van der Waals surface area contributed by atoms with Crippen LogP contribution in [0.15, 0.2) is 34.8 Å². The number of nitro benzene ring substituents is 1. The highest BCUT2D eigenvalue weighted by Crippen LogP contribution is 2.41. The Morgan fingerprint density at radius 3 is 2.85 bits per heavy atom. The quantitative estimate of drug-likeness (QED) is 0.209. The number of rotatable bonds is 5. The second-order valence-electron chi connectivity index (χ2n) is 8.41. The van der Waals surface area contributed by atoms with Gasteiger partial charge in [0.2, 0.25) is 5.91 Å². The number of hydrogen-bond donors (Lipinski definition) is 1. The largest absolute Gasteiger partial charge is 0.496 e. The lowest BCUT2D eigenvalue weighted by Crippen LogP contribution is -2.08. The van der Waals surface area contributed by atoms with Gasteiger partial charge in [-0.1, -0.05) is 11.3 Å². The number of furan rings is 1. The van der Waals surface area contributed by atoms with Crippen molar-refractivity contribution >= 4 is 54.8 Å². The van der Waals surface area contributed by atoms with E-state index in [2.05, 4.69) is 16.4 Å². The summed E-state index contributed by atoms with van der Waals surface area (Å²) in [7, 11) is 1.62. The van der Waals surface area contributed by atoms with Gasteiger partial charge < -0.3 is 9.15 Å². The van der Waals surface area contributed by atoms with E-state index in [4.69, 9.17) is 9.15 Å². The van der Waals surface area contributed by atoms with E-state index < -0.39 is 4.92 Å². The smallest absolute Gasteiger partial charge is 0.270 e. The number of aromatic nitrogens is 1. The molecular formula is C25H23N3O5S. The Morgan fingerprint density at radius 1 is 1.29 bits per heavy atom. The maximum atomic E-state index is 12.8. The van der Waals surface area contributed by atoms with Crippen LogP contribution in [0.2, 0.25) is 0 Å². The summed E-state index contributed by atoms with van der Waals surface area (Å²) in [5, 5.41) is 15.2. The molecule has 2 aromatic heterocycles. The van der Waals surface area contributed by atoms with Crippen molar-refractivity contribution in [2.24, 2.45) is 0 Å². The normalized spacial score (nSPS) is 13.8. The molecular weight excluding hydrogens is 454 g/mol. The van der Waals surface area contributed by atoms with Gasteiger partial charge in [-0.15, -0.1) is 0 Å². The molecule has 1 aliphatic carbocycles. The Balaban J connectivity index is 1.47. The molecule has 1 amide bonds. The van der Waals surface area contributed by atoms with Crippen LogP contribution in [-0.4, -0.2) is 22.9 Å². The minimum Gasteiger partial charge on any atom is -0.496 e. The van der Waals surface area contributed by atoms with E-state index in [0.717, 1.165) is 59.1 Å². The predicted molar refractivity (Wildman–Crippen MR) is 133 cm³/mol. The summed E-state index contributed by atoms with van der Waals surface area (Å²) in [4.78, 5) is 27.7. The molecule has 2 heterocycles. The maximum absolute atomic E-state index is 12.8. The second-order valence-corrected chi connectivity index (χ2v) is 9.45. The number of allylic oxidation sites excluding steroid dienone is 1. The first-order valence-corrected chi connectivity index (χ1v) is 11.8. The number of hydrogen-bond acceptors (Lipinski definition) is 7. The summed E-state index contributed by atoms with van der Waals surface area (Å²) in [5.41, 5.74) is 5.22. The number of thiazole rings is 1. The van der Waals surface area contributed by atoms with Crippen molar-refractivity contribution in [1.82, 2.24) is 4.98 Å². The number of benzene rings is 2. The molecule has 174 valence electrons. The first-order valence-electron chi connectivity index (χ1n) is 11.0. The third-order valence-electron chi connectivity index (χ3n) is 6.22. The first kappa shape index (κ1) is 22.1. The number of carbonyl (C=O) groups excluding carboxylic acids is 1. The first-order chi connectivity index (χ1) is 16.4. The second kappa shape index (κ2) is 8.57. The zero-order valence-electron chi connectivity index (χ0n) is 19.1. The molecule has 8 nitrogen and oxygen atoms in total. The van der Waals surface area contributed by atoms with Crippen LogP contribution in [0.5, 0.6) is 5.75 Å². The molecule has 5 rings (SSSR count). The van der Waals surface area contributed by atoms with E-state index >= 15 is 0 Å². The minimum absolute atomic E-state index is 0.0101. The number of nitrogens with one attached hydrogen (secondary N) is 1. The molecule has 0 bridgehead atoms. The number of carbonyl (C=O) groups is 1. The van der Waals surface area contributed by atoms with Gasteiger partial charge in [0.1, 0.15) is 17.1 Å². The molecule has 0 fully saturated rings. The highest BCUT2D eigenvalue weighted by Gasteiger charge is 2.23. The summed E-state index contributed by atoms with van der Waals surface area (Å²) in [6.45, 7) is 3.85. The van der Waals surface area contributed by atoms with Crippen molar-refractivity contribution in [3.63, 3.8) is 0 Å². The lowest BCUT2D eigenvalue weighted by atomic mass is 9.93. The molecule has 0 radical (unpaired) electrons. The molecule has 0 aliphatic heterocycles. The van der Waals surface area contributed by atoms with Gasteiger partial charge in [-0.2, -0.15) is 0 Å². The van der Waals surface area contributed by atoms with Crippen LogP contribution in [0.1, 0.15) is 42.2 Å². The number of amides is 1. The van der Waals surface area contributed by atoms with E-state index in [-0.39, 0.29) is 11.6 Å². The number of fused-ring (bicyclic) bond motifs is 4. The van der Waals surface area contributed by atoms with Crippen LogP contribution in [-0.2, 0) is 17.6 Å². The van der Waals surface area contributed by atoms with Crippen LogP contribution in [0.25, 0.3) is 26.8 Å². The molecule has 2 aromatic carbocycles. The Bertz CT molecular complexity index is 1500. The molecule has 9 heteroatoms. The van der Waals surface area contributed by atoms with Crippen LogP contribution in [0.4, 0.5) is 10.8 Å². The van der Waals surface area contributed by atoms with E-state index in [1.165, 1.54) is 35.1 Å². The van der Waals surface area contributed by atoms with Crippen molar-refractivity contribution in [3.05, 3.63) is 62.9 Å². The summed E-state index contributed by atoms with van der Waals surface area (Å²) in [5.74, 6) is 1.41. The number of ether oxygens (including phenoxy) is 1. The van der Waals surface area contributed by atoms with Crippen LogP contribution in [0.3, 0.4) is 0 Å². The molecule has 0 saturated carbocycles. The SMILES string of the molecule is COc1c(/C(C)=C/C(=O)Nc2nc3ccc([N+](=O)[O-])cc3s2)cc2c3c(oc2c1C)CCCC3. The van der Waals surface area contributed by atoms with Gasteiger partial charge in [0, 0.05) is 46.7 Å². The predicted octanol–water partition coefficient (Wildman–Crippen LogP) is 6.19. The summed E-state index contributed by atoms with van der Waals surface area (Å²) < 4.78 is 12.5. The highest BCUT2D eigenvalue weighted by molar-refractivity contribution is 7.22. The molecule has 0 atom stereocenters. The van der Waals surface area contributed by atoms with Gasteiger partial charge in [-0.25, -0.2) is 4.98 Å². The lowest BCUT2D eigenvalue weighted by Gasteiger charge is -2.13. The fourth-order valence-corrected chi connectivity index (χ4v) is 5.49. The van der Waals surface area contributed by atoms with Crippen molar-refractivity contribution in [1.29, 1.82) is 0 Å². The average molecular weight is 478 g/mol. The van der Waals surface area contributed by atoms with E-state index in [0.29, 0.717) is 21.1 Å². The molecule has 34 heavy (non-hydrogen) atoms. The summed E-state index contributed by atoms with van der Waals surface area (Å²) in [6, 6.07) is 6.50. The Kier molecular flexibility index (Phi) is 5.57. The highest BCUT2D eigenvalue weighted by atomic mass is 32.1. The molecule has 1 N–H and O–H groups in total. The Labute approximate surface area is 199 Å². The number of methoxy groups -OCH3 is 1. The number of aryl methyl sites for hydroxylation is 3. The summed E-state index contributed by atoms with van der Waals surface area (Å²) in [6.07, 6.45) is 5.74. The van der Waals surface area contributed by atoms with Gasteiger partial charge >= 0.3 is 0 Å². The molecule has 4 aromatic rings. The molecule has 1 aliphatic rings. The van der Waals surface area contributed by atoms with Crippen molar-refractivity contribution < 1.29 is 18.9 Å². The number of nitrogens with zero attached hydrogens (tertiary/aromatic N) is 2. The lowest BCUT2D eigenvalue weighted by molar-refractivity contribution is -0.384. The maximum Gasteiger partial charge on any atom is 0.270 e. The zero-order chi connectivity index (χ0) is 24.0. The molecule has 0 unspecified atom stereocenters. The molecule has 0 spiro atoms. The van der Waals surface area contributed by atoms with E-state index in [1.54, 1.807) is 13.2 Å². The zero-order valence-corrected chi connectivity index (χ0v) is 19.9. The Hall–Kier alpha value is -3.72. The fourth-order valence-electron chi connectivity index (χ4n) is 4.59. The third-order valence-corrected chi connectivity index (χ3v) is 7.15. The summed E-state index contributed by atoms with van der Waals surface area (Å²) >= 11 is 1.19. The van der Waals surface area contributed by atoms with Crippen LogP contribution >= 0.6 is 11.3 Å². The average Bonchev–Trinajstić information content (AvgIpc) is 3.39. The fraction of sp³-hybridized carbons (Fsp3) is 0.280. The monoisotopic (exact) mass is 477 g/mol. The standard InChI is InChI=1S/C25H23N3O5S/c1-13(10-22(29)27-25-26-19-9-8-15(28(30)31)11-21(19)34-25)17-12-18-16-6-4-5-7-20(16)33-24(18)14(2)23(17)32-3/h8-12H,4-7H2,1-3H3,(H,26,27,29)/b13-10+. The van der Waals surface area contributed by atoms with Crippen LogP contribution in [0, 0.1) is 17.0 Å². The van der Waals surface area contributed by atoms with Gasteiger partial charge in [0.15, 0.2) is 5.13 Å². The van der Waals surface area contributed by atoms with Crippen LogP contribution < -0.4 is 10.1 Å². The van der Waals surface area contributed by atoms with Gasteiger partial charge in [-0.05, 0) is 50.8 Å². The van der Waals surface area contributed by atoms with E-state index in [9.17, 15) is 14.9 Å². The van der Waals surface area contributed by atoms with Crippen molar-refractivity contribution in [2.45, 2.75) is 39.5 Å². The molecule has 0 saturated heterocycles. The number of non-ortho nitro benzene ring substituents is 1. The Morgan fingerprint density at radius 2 is 2.09 bits per heavy atom. The number of anilines is 1. The van der Waals surface area contributed by atoms with Crippen molar-refractivity contribution in [2.75, 3.05) is 12.4 Å². The van der Waals surface area contributed by atoms with Gasteiger partial charge in [0.25, 0.3) is 5.69 Å². The van der Waals surface area contributed by atoms with Gasteiger partial charge in [-0.3, -0.25) is 20.2 Å². The minimum atomic E-state index is -0.452. The van der Waals surface area contributed by atoms with Gasteiger partial charge in [0.05, 0.1) is 22.2 Å².